The number of carbonyl (C=O) groups excluding carboxylic acids is 1. The van der Waals surface area contributed by atoms with E-state index in [1.54, 1.807) is 0 Å². The topological polar surface area (TPSA) is 49.8 Å². The lowest BCUT2D eigenvalue weighted by Gasteiger charge is -2.37. The molecule has 0 aromatic heterocycles. The Bertz CT molecular complexity index is 255. The molecule has 1 aliphatic heterocycles. The molecule has 0 bridgehead atoms. The summed E-state index contributed by atoms with van der Waals surface area (Å²) in [5.41, 5.74) is 0. The minimum Gasteiger partial charge on any atom is -0.464 e. The van der Waals surface area contributed by atoms with Crippen LogP contribution in [0.5, 0.6) is 0 Å². The predicted octanol–water partition coefficient (Wildman–Crippen LogP) is 1.81. The largest absolute Gasteiger partial charge is 0.464 e. The highest BCUT2D eigenvalue weighted by atomic mass is 16.5. The summed E-state index contributed by atoms with van der Waals surface area (Å²) in [4.78, 5) is 13.8. The van der Waals surface area contributed by atoms with Gasteiger partial charge in [-0.05, 0) is 31.7 Å². The molecule has 2 unspecified atom stereocenters. The maximum absolute atomic E-state index is 11.7. The van der Waals surface area contributed by atoms with E-state index in [-0.39, 0.29) is 18.1 Å². The second-order valence-electron chi connectivity index (χ2n) is 5.59. The summed E-state index contributed by atoms with van der Waals surface area (Å²) in [6.07, 6.45) is 3.63. The van der Waals surface area contributed by atoms with Crippen molar-refractivity contribution in [3.8, 4) is 0 Å². The Morgan fingerprint density at radius 3 is 2.78 bits per heavy atom. The van der Waals surface area contributed by atoms with E-state index in [9.17, 15) is 9.90 Å². The molecule has 1 heterocycles. The quantitative estimate of drug-likeness (QED) is 0.737. The molecular formula is C14H27NO3. The first kappa shape index (κ1) is 15.4. The van der Waals surface area contributed by atoms with Crippen LogP contribution in [0.1, 0.15) is 46.5 Å². The number of aliphatic hydroxyl groups is 1. The van der Waals surface area contributed by atoms with Crippen LogP contribution in [0.3, 0.4) is 0 Å². The zero-order valence-electron chi connectivity index (χ0n) is 11.9. The normalized spacial score (nSPS) is 23.1. The molecule has 106 valence electrons. The Morgan fingerprint density at radius 2 is 2.17 bits per heavy atom. The first-order valence-corrected chi connectivity index (χ1v) is 7.12. The fourth-order valence-corrected chi connectivity index (χ4v) is 2.39. The van der Waals surface area contributed by atoms with Gasteiger partial charge in [0, 0.05) is 6.04 Å². The van der Waals surface area contributed by atoms with E-state index in [0.717, 1.165) is 32.2 Å². The zero-order chi connectivity index (χ0) is 13.5. The van der Waals surface area contributed by atoms with Crippen LogP contribution in [-0.4, -0.2) is 47.8 Å². The molecule has 1 rings (SSSR count). The SMILES string of the molecule is CCC(O)C1CCCCN1CC(=O)OCC(C)C. The molecule has 0 radical (unpaired) electrons. The van der Waals surface area contributed by atoms with E-state index in [2.05, 4.69) is 4.90 Å². The minimum absolute atomic E-state index is 0.121. The minimum atomic E-state index is -0.330. The second kappa shape index (κ2) is 7.74. The molecule has 1 aliphatic rings. The van der Waals surface area contributed by atoms with Crippen LogP contribution in [0.2, 0.25) is 0 Å². The highest BCUT2D eigenvalue weighted by molar-refractivity contribution is 5.71. The van der Waals surface area contributed by atoms with Crippen molar-refractivity contribution in [1.82, 2.24) is 4.90 Å². The van der Waals surface area contributed by atoms with Crippen LogP contribution < -0.4 is 0 Å². The van der Waals surface area contributed by atoms with Crippen LogP contribution in [0.4, 0.5) is 0 Å². The average molecular weight is 257 g/mol. The Hall–Kier alpha value is -0.610. The number of aliphatic hydroxyl groups excluding tert-OH is 1. The smallest absolute Gasteiger partial charge is 0.320 e. The molecular weight excluding hydrogens is 230 g/mol. The van der Waals surface area contributed by atoms with Crippen LogP contribution in [0.15, 0.2) is 0 Å². The average Bonchev–Trinajstić information content (AvgIpc) is 2.36. The van der Waals surface area contributed by atoms with E-state index in [1.807, 2.05) is 20.8 Å². The number of likely N-dealkylation sites (tertiary alicyclic amines) is 1. The van der Waals surface area contributed by atoms with Gasteiger partial charge in [-0.1, -0.05) is 27.2 Å². The first-order chi connectivity index (χ1) is 8.54. The number of carbonyl (C=O) groups is 1. The first-order valence-electron chi connectivity index (χ1n) is 7.12. The van der Waals surface area contributed by atoms with E-state index < -0.39 is 0 Å². The molecule has 0 aromatic rings. The Morgan fingerprint density at radius 1 is 1.44 bits per heavy atom. The molecule has 0 amide bonds. The highest BCUT2D eigenvalue weighted by Gasteiger charge is 2.29. The molecule has 0 spiro atoms. The molecule has 18 heavy (non-hydrogen) atoms. The molecule has 1 fully saturated rings. The zero-order valence-corrected chi connectivity index (χ0v) is 11.9. The van der Waals surface area contributed by atoms with Gasteiger partial charge in [0.25, 0.3) is 0 Å². The monoisotopic (exact) mass is 257 g/mol. The standard InChI is InChI=1S/C14H27NO3/c1-4-13(16)12-7-5-6-8-15(12)9-14(17)18-10-11(2)3/h11-13,16H,4-10H2,1-3H3. The van der Waals surface area contributed by atoms with Gasteiger partial charge in [-0.25, -0.2) is 0 Å². The van der Waals surface area contributed by atoms with Gasteiger partial charge in [0.05, 0.1) is 19.3 Å². The van der Waals surface area contributed by atoms with E-state index in [4.69, 9.17) is 4.74 Å². The van der Waals surface area contributed by atoms with Gasteiger partial charge in [-0.15, -0.1) is 0 Å². The highest BCUT2D eigenvalue weighted by Crippen LogP contribution is 2.21. The summed E-state index contributed by atoms with van der Waals surface area (Å²) in [5.74, 6) is 0.200. The van der Waals surface area contributed by atoms with Crippen molar-refractivity contribution >= 4 is 5.97 Å². The summed E-state index contributed by atoms with van der Waals surface area (Å²) in [6, 6.07) is 0.121. The lowest BCUT2D eigenvalue weighted by atomic mass is 9.96. The number of rotatable bonds is 6. The summed E-state index contributed by atoms with van der Waals surface area (Å²) in [7, 11) is 0. The van der Waals surface area contributed by atoms with Crippen LogP contribution >= 0.6 is 0 Å². The molecule has 0 aromatic carbocycles. The molecule has 0 saturated carbocycles. The molecule has 4 nitrogen and oxygen atoms in total. The van der Waals surface area contributed by atoms with Gasteiger partial charge in [-0.2, -0.15) is 0 Å². The van der Waals surface area contributed by atoms with Gasteiger partial charge in [0.1, 0.15) is 0 Å². The molecule has 1 N–H and O–H groups in total. The third-order valence-corrected chi connectivity index (χ3v) is 3.44. The lowest BCUT2D eigenvalue weighted by Crippen LogP contribution is -2.48. The molecule has 0 aliphatic carbocycles. The van der Waals surface area contributed by atoms with E-state index >= 15 is 0 Å². The van der Waals surface area contributed by atoms with Gasteiger partial charge >= 0.3 is 5.97 Å². The Kier molecular flexibility index (Phi) is 6.65. The van der Waals surface area contributed by atoms with Gasteiger partial charge in [0.15, 0.2) is 0 Å². The van der Waals surface area contributed by atoms with Crippen LogP contribution in [0, 0.1) is 5.92 Å². The van der Waals surface area contributed by atoms with Gasteiger partial charge < -0.3 is 9.84 Å². The fourth-order valence-electron chi connectivity index (χ4n) is 2.39. The van der Waals surface area contributed by atoms with Crippen molar-refractivity contribution in [2.24, 2.45) is 5.92 Å². The number of ether oxygens (including phenoxy) is 1. The van der Waals surface area contributed by atoms with Crippen LogP contribution in [-0.2, 0) is 9.53 Å². The predicted molar refractivity (Wildman–Crippen MR) is 71.3 cm³/mol. The number of piperidine rings is 1. The maximum Gasteiger partial charge on any atom is 0.320 e. The lowest BCUT2D eigenvalue weighted by molar-refractivity contribution is -0.147. The third kappa shape index (κ3) is 4.94. The number of hydrogen-bond donors (Lipinski definition) is 1. The summed E-state index contributed by atoms with van der Waals surface area (Å²) < 4.78 is 5.21. The number of hydrogen-bond acceptors (Lipinski definition) is 4. The third-order valence-electron chi connectivity index (χ3n) is 3.44. The van der Waals surface area contributed by atoms with Crippen molar-refractivity contribution in [2.75, 3.05) is 19.7 Å². The fraction of sp³-hybridized carbons (Fsp3) is 0.929. The second-order valence-corrected chi connectivity index (χ2v) is 5.59. The molecule has 4 heteroatoms. The van der Waals surface area contributed by atoms with Crippen LogP contribution in [0.25, 0.3) is 0 Å². The van der Waals surface area contributed by atoms with Gasteiger partial charge in [-0.3, -0.25) is 9.69 Å². The van der Waals surface area contributed by atoms with E-state index in [0.29, 0.717) is 19.1 Å². The molecule has 2 atom stereocenters. The summed E-state index contributed by atoms with van der Waals surface area (Å²) >= 11 is 0. The van der Waals surface area contributed by atoms with Gasteiger partial charge in [0.2, 0.25) is 0 Å². The van der Waals surface area contributed by atoms with Crippen molar-refractivity contribution in [3.05, 3.63) is 0 Å². The Labute approximate surface area is 110 Å². The van der Waals surface area contributed by atoms with Crippen molar-refractivity contribution in [3.63, 3.8) is 0 Å². The Balaban J connectivity index is 2.43. The van der Waals surface area contributed by atoms with Crippen molar-refractivity contribution in [1.29, 1.82) is 0 Å². The maximum atomic E-state index is 11.7. The van der Waals surface area contributed by atoms with Crippen molar-refractivity contribution < 1.29 is 14.6 Å². The number of esters is 1. The molecule has 1 saturated heterocycles. The number of nitrogens with zero attached hydrogens (tertiary/aromatic N) is 1. The summed E-state index contributed by atoms with van der Waals surface area (Å²) in [6.45, 7) is 7.71. The summed E-state index contributed by atoms with van der Waals surface area (Å²) in [5, 5.41) is 9.99. The van der Waals surface area contributed by atoms with E-state index in [1.165, 1.54) is 0 Å². The van der Waals surface area contributed by atoms with Crippen molar-refractivity contribution in [2.45, 2.75) is 58.6 Å².